The van der Waals surface area contributed by atoms with Crippen LogP contribution in [0, 0.1) is 0 Å². The number of hydrogen-bond donors (Lipinski definition) is 0. The number of furan rings is 1. The Bertz CT molecular complexity index is 338. The largest absolute Gasteiger partial charge is 0.467 e. The van der Waals surface area contributed by atoms with Gasteiger partial charge in [-0.2, -0.15) is 0 Å². The Labute approximate surface area is 95.1 Å². The molecule has 1 unspecified atom stereocenters. The number of morpholine rings is 1. The van der Waals surface area contributed by atoms with Gasteiger partial charge in [-0.15, -0.1) is 0 Å². The normalized spacial score (nSPS) is 26.2. The van der Waals surface area contributed by atoms with Gasteiger partial charge in [0.05, 0.1) is 31.8 Å². The molecule has 2 fully saturated rings. The summed E-state index contributed by atoms with van der Waals surface area (Å²) in [4.78, 5) is 2.35. The van der Waals surface area contributed by atoms with E-state index in [1.54, 1.807) is 6.26 Å². The average Bonchev–Trinajstić information content (AvgIpc) is 3.01. The van der Waals surface area contributed by atoms with Gasteiger partial charge in [0, 0.05) is 31.7 Å². The second-order valence-corrected chi connectivity index (χ2v) is 4.33. The van der Waals surface area contributed by atoms with Crippen molar-refractivity contribution in [1.82, 2.24) is 0 Å². The fourth-order valence-electron chi connectivity index (χ4n) is 2.43. The van der Waals surface area contributed by atoms with E-state index in [-0.39, 0.29) is 0 Å². The molecule has 16 heavy (non-hydrogen) atoms. The first-order valence-corrected chi connectivity index (χ1v) is 5.93. The average molecular weight is 223 g/mol. The van der Waals surface area contributed by atoms with E-state index in [0.29, 0.717) is 5.92 Å². The molecule has 88 valence electrons. The van der Waals surface area contributed by atoms with Crippen molar-refractivity contribution in [2.75, 3.05) is 44.4 Å². The summed E-state index contributed by atoms with van der Waals surface area (Å²) in [6, 6.07) is 2.07. The zero-order valence-corrected chi connectivity index (χ0v) is 9.35. The van der Waals surface area contributed by atoms with Crippen molar-refractivity contribution in [2.24, 2.45) is 0 Å². The van der Waals surface area contributed by atoms with Gasteiger partial charge >= 0.3 is 0 Å². The Morgan fingerprint density at radius 3 is 2.75 bits per heavy atom. The summed E-state index contributed by atoms with van der Waals surface area (Å²) in [5.74, 6) is 1.53. The van der Waals surface area contributed by atoms with Gasteiger partial charge in [-0.1, -0.05) is 0 Å². The van der Waals surface area contributed by atoms with E-state index < -0.39 is 0 Å². The van der Waals surface area contributed by atoms with Crippen LogP contribution in [0.4, 0.5) is 5.69 Å². The molecule has 3 rings (SSSR count). The first-order chi connectivity index (χ1) is 7.95. The SMILES string of the molecule is c1cc(N2CCOCC2)c(C2CCOC2)o1. The molecule has 0 amide bonds. The lowest BCUT2D eigenvalue weighted by molar-refractivity contribution is 0.122. The maximum Gasteiger partial charge on any atom is 0.132 e. The molecule has 2 aliphatic heterocycles. The molecular formula is C12H17NO3. The third-order valence-corrected chi connectivity index (χ3v) is 3.33. The summed E-state index contributed by atoms with van der Waals surface area (Å²) in [7, 11) is 0. The molecule has 2 saturated heterocycles. The van der Waals surface area contributed by atoms with Crippen LogP contribution in [-0.4, -0.2) is 39.5 Å². The third-order valence-electron chi connectivity index (χ3n) is 3.33. The second kappa shape index (κ2) is 4.47. The van der Waals surface area contributed by atoms with E-state index >= 15 is 0 Å². The Morgan fingerprint density at radius 1 is 1.12 bits per heavy atom. The van der Waals surface area contributed by atoms with E-state index in [1.165, 1.54) is 5.69 Å². The molecule has 0 N–H and O–H groups in total. The smallest absolute Gasteiger partial charge is 0.132 e. The molecule has 0 aromatic carbocycles. The number of nitrogens with zero attached hydrogens (tertiary/aromatic N) is 1. The molecule has 0 aliphatic carbocycles. The van der Waals surface area contributed by atoms with Crippen LogP contribution in [0.25, 0.3) is 0 Å². The third kappa shape index (κ3) is 1.83. The molecule has 1 aromatic heterocycles. The van der Waals surface area contributed by atoms with E-state index in [0.717, 1.165) is 51.7 Å². The first kappa shape index (κ1) is 10.2. The molecule has 0 radical (unpaired) electrons. The molecular weight excluding hydrogens is 206 g/mol. The fourth-order valence-corrected chi connectivity index (χ4v) is 2.43. The maximum absolute atomic E-state index is 5.64. The first-order valence-electron chi connectivity index (χ1n) is 5.93. The molecule has 2 aliphatic rings. The zero-order valence-electron chi connectivity index (χ0n) is 9.35. The van der Waals surface area contributed by atoms with E-state index in [9.17, 15) is 0 Å². The Hall–Kier alpha value is -1.00. The second-order valence-electron chi connectivity index (χ2n) is 4.33. The van der Waals surface area contributed by atoms with Crippen LogP contribution in [-0.2, 0) is 9.47 Å². The topological polar surface area (TPSA) is 34.8 Å². The van der Waals surface area contributed by atoms with Gasteiger partial charge in [-0.3, -0.25) is 0 Å². The standard InChI is InChI=1S/C12H17NO3/c1-5-15-9-10(1)12-11(2-6-16-12)13-3-7-14-8-4-13/h2,6,10H,1,3-5,7-9H2. The van der Waals surface area contributed by atoms with Crippen LogP contribution in [0.15, 0.2) is 16.7 Å². The minimum absolute atomic E-state index is 0.438. The molecule has 1 aromatic rings. The lowest BCUT2D eigenvalue weighted by Crippen LogP contribution is -2.36. The summed E-state index contributed by atoms with van der Waals surface area (Å²) in [6.07, 6.45) is 2.86. The summed E-state index contributed by atoms with van der Waals surface area (Å²) >= 11 is 0. The van der Waals surface area contributed by atoms with Crippen LogP contribution < -0.4 is 4.90 Å². The molecule has 0 saturated carbocycles. The molecule has 0 bridgehead atoms. The van der Waals surface area contributed by atoms with Crippen molar-refractivity contribution in [3.8, 4) is 0 Å². The van der Waals surface area contributed by atoms with Gasteiger partial charge in [-0.05, 0) is 6.42 Å². The van der Waals surface area contributed by atoms with Crippen molar-refractivity contribution >= 4 is 5.69 Å². The predicted molar refractivity (Wildman–Crippen MR) is 59.9 cm³/mol. The Morgan fingerprint density at radius 2 is 2.00 bits per heavy atom. The van der Waals surface area contributed by atoms with Crippen LogP contribution >= 0.6 is 0 Å². The Balaban J connectivity index is 1.80. The highest BCUT2D eigenvalue weighted by Gasteiger charge is 2.26. The summed E-state index contributed by atoms with van der Waals surface area (Å²) < 4.78 is 16.4. The highest BCUT2D eigenvalue weighted by molar-refractivity contribution is 5.51. The monoisotopic (exact) mass is 223 g/mol. The van der Waals surface area contributed by atoms with Crippen LogP contribution in [0.5, 0.6) is 0 Å². The van der Waals surface area contributed by atoms with Crippen molar-refractivity contribution in [2.45, 2.75) is 12.3 Å². The van der Waals surface area contributed by atoms with Gasteiger partial charge < -0.3 is 18.8 Å². The van der Waals surface area contributed by atoms with Gasteiger partial charge in [0.2, 0.25) is 0 Å². The lowest BCUT2D eigenvalue weighted by Gasteiger charge is -2.29. The van der Waals surface area contributed by atoms with Crippen LogP contribution in [0.2, 0.25) is 0 Å². The van der Waals surface area contributed by atoms with Crippen LogP contribution in [0.3, 0.4) is 0 Å². The van der Waals surface area contributed by atoms with Crippen molar-refractivity contribution in [1.29, 1.82) is 0 Å². The number of ether oxygens (including phenoxy) is 2. The zero-order chi connectivity index (χ0) is 10.8. The minimum atomic E-state index is 0.438. The highest BCUT2D eigenvalue weighted by Crippen LogP contribution is 2.34. The summed E-state index contributed by atoms with van der Waals surface area (Å²) in [5, 5.41) is 0. The summed E-state index contributed by atoms with van der Waals surface area (Å²) in [5.41, 5.74) is 1.24. The molecule has 1 atom stereocenters. The number of anilines is 1. The number of rotatable bonds is 2. The maximum atomic E-state index is 5.64. The van der Waals surface area contributed by atoms with Gasteiger partial charge in [0.1, 0.15) is 5.76 Å². The van der Waals surface area contributed by atoms with E-state index in [2.05, 4.69) is 11.0 Å². The lowest BCUT2D eigenvalue weighted by atomic mass is 10.0. The van der Waals surface area contributed by atoms with Crippen molar-refractivity contribution < 1.29 is 13.9 Å². The molecule has 4 nitrogen and oxygen atoms in total. The molecule has 0 spiro atoms. The highest BCUT2D eigenvalue weighted by atomic mass is 16.5. The molecule has 4 heteroatoms. The summed E-state index contributed by atoms with van der Waals surface area (Å²) in [6.45, 7) is 5.19. The minimum Gasteiger partial charge on any atom is -0.467 e. The van der Waals surface area contributed by atoms with Gasteiger partial charge in [-0.25, -0.2) is 0 Å². The van der Waals surface area contributed by atoms with Crippen LogP contribution in [0.1, 0.15) is 18.1 Å². The van der Waals surface area contributed by atoms with Crippen molar-refractivity contribution in [3.05, 3.63) is 18.1 Å². The fraction of sp³-hybridized carbons (Fsp3) is 0.667. The molecule has 3 heterocycles. The van der Waals surface area contributed by atoms with Crippen molar-refractivity contribution in [3.63, 3.8) is 0 Å². The quantitative estimate of drug-likeness (QED) is 0.763. The number of hydrogen-bond acceptors (Lipinski definition) is 4. The van der Waals surface area contributed by atoms with E-state index in [1.807, 2.05) is 0 Å². The predicted octanol–water partition coefficient (Wildman–Crippen LogP) is 1.62. The van der Waals surface area contributed by atoms with E-state index in [4.69, 9.17) is 13.9 Å². The Kier molecular flexibility index (Phi) is 2.84. The van der Waals surface area contributed by atoms with Gasteiger partial charge in [0.25, 0.3) is 0 Å². The van der Waals surface area contributed by atoms with Gasteiger partial charge in [0.15, 0.2) is 0 Å².